The molecule has 0 unspecified atom stereocenters. The first-order valence-electron chi connectivity index (χ1n) is 10.5. The molecule has 4 rings (SSSR count). The molecule has 2 heterocycles. The summed E-state index contributed by atoms with van der Waals surface area (Å²) in [5.74, 6) is 0.0886. The van der Waals surface area contributed by atoms with Crippen molar-refractivity contribution in [1.82, 2.24) is 9.21 Å². The summed E-state index contributed by atoms with van der Waals surface area (Å²) in [7, 11) is -3.52. The molecule has 1 atom stereocenters. The molecule has 1 fully saturated rings. The summed E-state index contributed by atoms with van der Waals surface area (Å²) in [6.45, 7) is 8.32. The number of nitrogens with zero attached hydrogens (tertiary/aromatic N) is 3. The maximum absolute atomic E-state index is 13.1. The molecule has 0 aliphatic carbocycles. The lowest BCUT2D eigenvalue weighted by Crippen LogP contribution is -2.55. The molecular formula is C23H29N3O3S. The van der Waals surface area contributed by atoms with E-state index in [9.17, 15) is 13.2 Å². The molecule has 0 spiro atoms. The Kier molecular flexibility index (Phi) is 5.70. The van der Waals surface area contributed by atoms with Crippen LogP contribution in [0.1, 0.15) is 23.6 Å². The molecular weight excluding hydrogens is 398 g/mol. The third-order valence-corrected chi connectivity index (χ3v) is 8.34. The van der Waals surface area contributed by atoms with Gasteiger partial charge < -0.3 is 4.90 Å². The molecule has 0 bridgehead atoms. The first-order valence-corrected chi connectivity index (χ1v) is 11.9. The standard InChI is InChI=1S/C23H29N3O3S/c1-17-8-9-22(18(2)16-17)30(28,29)25-14-12-24(13-15-25)19(3)23(27)26-11-10-20-6-4-5-7-21(20)26/h4-9,16,19H,10-15H2,1-3H3/t19-/m1/s1. The monoisotopic (exact) mass is 427 g/mol. The van der Waals surface area contributed by atoms with E-state index in [1.54, 1.807) is 10.4 Å². The molecule has 2 aromatic carbocycles. The van der Waals surface area contributed by atoms with Crippen LogP contribution in [0.25, 0.3) is 0 Å². The van der Waals surface area contributed by atoms with Crippen LogP contribution in [0.15, 0.2) is 47.4 Å². The van der Waals surface area contributed by atoms with Gasteiger partial charge in [0.25, 0.3) is 0 Å². The fourth-order valence-electron chi connectivity index (χ4n) is 4.51. The number of sulfonamides is 1. The first kappa shape index (κ1) is 21.0. The molecule has 1 saturated heterocycles. The van der Waals surface area contributed by atoms with Gasteiger partial charge in [0.05, 0.1) is 10.9 Å². The number of rotatable bonds is 4. The molecule has 2 aromatic rings. The van der Waals surface area contributed by atoms with E-state index >= 15 is 0 Å². The van der Waals surface area contributed by atoms with E-state index in [0.717, 1.165) is 23.2 Å². The number of carbonyl (C=O) groups is 1. The maximum atomic E-state index is 13.1. The lowest BCUT2D eigenvalue weighted by molar-refractivity contribution is -0.123. The Balaban J connectivity index is 1.42. The molecule has 1 amide bonds. The minimum atomic E-state index is -3.52. The Morgan fingerprint density at radius 3 is 2.37 bits per heavy atom. The van der Waals surface area contributed by atoms with Gasteiger partial charge in [0, 0.05) is 38.4 Å². The highest BCUT2D eigenvalue weighted by atomic mass is 32.2. The lowest BCUT2D eigenvalue weighted by atomic mass is 10.1. The van der Waals surface area contributed by atoms with Crippen LogP contribution in [0.4, 0.5) is 5.69 Å². The number of anilines is 1. The van der Waals surface area contributed by atoms with Gasteiger partial charge in [-0.15, -0.1) is 0 Å². The Bertz CT molecular complexity index is 1060. The van der Waals surface area contributed by atoms with Crippen molar-refractivity contribution in [3.05, 3.63) is 59.2 Å². The van der Waals surface area contributed by atoms with E-state index in [2.05, 4.69) is 11.0 Å². The van der Waals surface area contributed by atoms with Gasteiger partial charge in [-0.3, -0.25) is 9.69 Å². The van der Waals surface area contributed by atoms with E-state index in [1.807, 2.05) is 56.0 Å². The zero-order valence-electron chi connectivity index (χ0n) is 17.8. The fraction of sp³-hybridized carbons (Fsp3) is 0.435. The van der Waals surface area contributed by atoms with Crippen LogP contribution in [-0.4, -0.2) is 62.3 Å². The van der Waals surface area contributed by atoms with Crippen molar-refractivity contribution in [1.29, 1.82) is 0 Å². The largest absolute Gasteiger partial charge is 0.310 e. The van der Waals surface area contributed by atoms with Crippen molar-refractivity contribution in [3.63, 3.8) is 0 Å². The molecule has 30 heavy (non-hydrogen) atoms. The summed E-state index contributed by atoms with van der Waals surface area (Å²) >= 11 is 0. The molecule has 0 N–H and O–H groups in total. The van der Waals surface area contributed by atoms with Crippen molar-refractivity contribution in [3.8, 4) is 0 Å². The van der Waals surface area contributed by atoms with E-state index in [0.29, 0.717) is 37.6 Å². The minimum Gasteiger partial charge on any atom is -0.310 e. The number of carbonyl (C=O) groups excluding carboxylic acids is 1. The quantitative estimate of drug-likeness (QED) is 0.753. The van der Waals surface area contributed by atoms with Crippen LogP contribution < -0.4 is 4.90 Å². The van der Waals surface area contributed by atoms with E-state index in [1.165, 1.54) is 5.56 Å². The number of aryl methyl sites for hydroxylation is 2. The topological polar surface area (TPSA) is 60.9 Å². The normalized spacial score (nSPS) is 19.0. The lowest BCUT2D eigenvalue weighted by Gasteiger charge is -2.38. The predicted octanol–water partition coefficient (Wildman–Crippen LogP) is 2.59. The average Bonchev–Trinajstić information content (AvgIpc) is 3.16. The molecule has 6 nitrogen and oxygen atoms in total. The van der Waals surface area contributed by atoms with Gasteiger partial charge in [0.2, 0.25) is 15.9 Å². The third kappa shape index (κ3) is 3.77. The van der Waals surface area contributed by atoms with Crippen molar-refractivity contribution in [2.24, 2.45) is 0 Å². The number of piperazine rings is 1. The van der Waals surface area contributed by atoms with E-state index in [-0.39, 0.29) is 11.9 Å². The molecule has 0 aromatic heterocycles. The molecule has 0 saturated carbocycles. The van der Waals surface area contributed by atoms with Crippen molar-refractivity contribution >= 4 is 21.6 Å². The number of amides is 1. The first-order chi connectivity index (χ1) is 14.3. The summed E-state index contributed by atoms with van der Waals surface area (Å²) in [6, 6.07) is 13.2. The summed E-state index contributed by atoms with van der Waals surface area (Å²) in [5, 5.41) is 0. The minimum absolute atomic E-state index is 0.0886. The summed E-state index contributed by atoms with van der Waals surface area (Å²) < 4.78 is 27.8. The Hall–Kier alpha value is -2.22. The van der Waals surface area contributed by atoms with Gasteiger partial charge in [-0.1, -0.05) is 35.9 Å². The van der Waals surface area contributed by atoms with Gasteiger partial charge in [0.15, 0.2) is 0 Å². The van der Waals surface area contributed by atoms with Gasteiger partial charge in [0.1, 0.15) is 0 Å². The van der Waals surface area contributed by atoms with Crippen LogP contribution in [0.5, 0.6) is 0 Å². The van der Waals surface area contributed by atoms with Crippen molar-refractivity contribution in [2.75, 3.05) is 37.6 Å². The zero-order chi connectivity index (χ0) is 21.5. The SMILES string of the molecule is Cc1ccc(S(=O)(=O)N2CCN([C@H](C)C(=O)N3CCc4ccccc43)CC2)c(C)c1. The second-order valence-corrected chi connectivity index (χ2v) is 10.2. The highest BCUT2D eigenvalue weighted by molar-refractivity contribution is 7.89. The van der Waals surface area contributed by atoms with Gasteiger partial charge in [-0.25, -0.2) is 8.42 Å². The highest BCUT2D eigenvalue weighted by Gasteiger charge is 2.35. The smallest absolute Gasteiger partial charge is 0.244 e. The molecule has 2 aliphatic rings. The Labute approximate surface area is 179 Å². The summed E-state index contributed by atoms with van der Waals surface area (Å²) in [6.07, 6.45) is 0.885. The number of hydrogen-bond donors (Lipinski definition) is 0. The molecule has 160 valence electrons. The number of benzene rings is 2. The Morgan fingerprint density at radius 1 is 0.967 bits per heavy atom. The number of fused-ring (bicyclic) bond motifs is 1. The van der Waals surface area contributed by atoms with Crippen molar-refractivity contribution < 1.29 is 13.2 Å². The zero-order valence-corrected chi connectivity index (χ0v) is 18.7. The van der Waals surface area contributed by atoms with Crippen molar-refractivity contribution in [2.45, 2.75) is 38.1 Å². The maximum Gasteiger partial charge on any atom is 0.244 e. The second-order valence-electron chi connectivity index (χ2n) is 8.25. The fourth-order valence-corrected chi connectivity index (χ4v) is 6.14. The number of para-hydroxylation sites is 1. The van der Waals surface area contributed by atoms with E-state index in [4.69, 9.17) is 0 Å². The van der Waals surface area contributed by atoms with E-state index < -0.39 is 10.0 Å². The second kappa shape index (κ2) is 8.13. The number of hydrogen-bond acceptors (Lipinski definition) is 4. The van der Waals surface area contributed by atoms with Crippen LogP contribution in [0.2, 0.25) is 0 Å². The van der Waals surface area contributed by atoms with Crippen LogP contribution in [-0.2, 0) is 21.2 Å². The van der Waals surface area contributed by atoms with Gasteiger partial charge >= 0.3 is 0 Å². The average molecular weight is 428 g/mol. The Morgan fingerprint density at radius 2 is 1.67 bits per heavy atom. The van der Waals surface area contributed by atoms with Gasteiger partial charge in [-0.05, 0) is 50.5 Å². The predicted molar refractivity (Wildman–Crippen MR) is 118 cm³/mol. The molecule has 2 aliphatic heterocycles. The summed E-state index contributed by atoms with van der Waals surface area (Å²) in [5.41, 5.74) is 4.04. The molecule has 7 heteroatoms. The summed E-state index contributed by atoms with van der Waals surface area (Å²) in [4.78, 5) is 17.5. The van der Waals surface area contributed by atoms with Gasteiger partial charge in [-0.2, -0.15) is 4.31 Å². The molecule has 0 radical (unpaired) electrons. The third-order valence-electron chi connectivity index (χ3n) is 6.28. The van der Waals surface area contributed by atoms with Crippen LogP contribution in [0.3, 0.4) is 0 Å². The van der Waals surface area contributed by atoms with Crippen LogP contribution >= 0.6 is 0 Å². The highest BCUT2D eigenvalue weighted by Crippen LogP contribution is 2.29. The van der Waals surface area contributed by atoms with Crippen LogP contribution in [0, 0.1) is 13.8 Å².